The molecule has 0 aliphatic heterocycles. The van der Waals surface area contributed by atoms with Crippen molar-refractivity contribution in [2.45, 2.75) is 19.6 Å². The van der Waals surface area contributed by atoms with Crippen LogP contribution < -0.4 is 0 Å². The minimum atomic E-state index is -0.791. The Labute approximate surface area is 86.1 Å². The molecule has 0 bridgehead atoms. The van der Waals surface area contributed by atoms with Crippen molar-refractivity contribution in [3.8, 4) is 0 Å². The highest BCUT2D eigenvalue weighted by Crippen LogP contribution is 2.29. The second-order valence-electron chi connectivity index (χ2n) is 2.71. The van der Waals surface area contributed by atoms with Crippen LogP contribution in [0.1, 0.15) is 19.6 Å². The summed E-state index contributed by atoms with van der Waals surface area (Å²) in [5.74, 6) is -0.135. The van der Waals surface area contributed by atoms with Crippen molar-refractivity contribution >= 4 is 15.9 Å². The van der Waals surface area contributed by atoms with Crippen LogP contribution in [-0.2, 0) is 15.3 Å². The van der Waals surface area contributed by atoms with Gasteiger partial charge in [0, 0.05) is 13.7 Å². The molecule has 74 valence electrons. The first-order valence-corrected chi connectivity index (χ1v) is 4.85. The van der Waals surface area contributed by atoms with E-state index in [4.69, 9.17) is 13.9 Å². The lowest BCUT2D eigenvalue weighted by molar-refractivity contribution is -0.226. The molecule has 1 heterocycles. The molecule has 0 aliphatic carbocycles. The van der Waals surface area contributed by atoms with Crippen molar-refractivity contribution in [3.05, 3.63) is 22.6 Å². The second kappa shape index (κ2) is 4.26. The summed E-state index contributed by atoms with van der Waals surface area (Å²) in [6.07, 6.45) is 1.60. The highest BCUT2D eigenvalue weighted by molar-refractivity contribution is 9.10. The van der Waals surface area contributed by atoms with Gasteiger partial charge in [0.2, 0.25) is 5.79 Å². The fourth-order valence-electron chi connectivity index (χ4n) is 1.06. The molecule has 0 fully saturated rings. The molecule has 4 heteroatoms. The zero-order chi connectivity index (χ0) is 9.90. The molecule has 3 nitrogen and oxygen atoms in total. The van der Waals surface area contributed by atoms with Gasteiger partial charge in [-0.15, -0.1) is 0 Å². The van der Waals surface area contributed by atoms with E-state index in [1.807, 2.05) is 19.9 Å². The third kappa shape index (κ3) is 2.33. The van der Waals surface area contributed by atoms with Crippen LogP contribution in [0, 0.1) is 0 Å². The van der Waals surface area contributed by atoms with Gasteiger partial charge in [0.1, 0.15) is 6.26 Å². The lowest BCUT2D eigenvalue weighted by Gasteiger charge is -2.24. The predicted octanol–water partition coefficient (Wildman–Crippen LogP) is 2.90. The number of hydrogen-bond acceptors (Lipinski definition) is 3. The van der Waals surface area contributed by atoms with E-state index in [0.29, 0.717) is 12.4 Å². The molecule has 0 amide bonds. The van der Waals surface area contributed by atoms with Crippen molar-refractivity contribution in [2.75, 3.05) is 13.7 Å². The maximum absolute atomic E-state index is 5.44. The Bertz CT molecular complexity index is 272. The molecular weight excluding hydrogens is 236 g/mol. The summed E-state index contributed by atoms with van der Waals surface area (Å²) in [6, 6.07) is 1.83. The van der Waals surface area contributed by atoms with Gasteiger partial charge in [-0.25, -0.2) is 0 Å². The van der Waals surface area contributed by atoms with Gasteiger partial charge >= 0.3 is 0 Å². The fourth-order valence-corrected chi connectivity index (χ4v) is 1.36. The molecule has 1 atom stereocenters. The van der Waals surface area contributed by atoms with Crippen molar-refractivity contribution in [1.82, 2.24) is 0 Å². The summed E-state index contributed by atoms with van der Waals surface area (Å²) in [5, 5.41) is 0. The highest BCUT2D eigenvalue weighted by atomic mass is 79.9. The minimum absolute atomic E-state index is 0.572. The number of halogens is 1. The van der Waals surface area contributed by atoms with Crippen LogP contribution in [-0.4, -0.2) is 13.7 Å². The standard InChI is InChI=1S/C9H13BrO3/c1-4-13-9(2,11-3)8-5-7(10)6-12-8/h5-6H,4H2,1-3H3. The van der Waals surface area contributed by atoms with E-state index in [9.17, 15) is 0 Å². The maximum Gasteiger partial charge on any atom is 0.225 e. The first-order valence-electron chi connectivity index (χ1n) is 4.06. The summed E-state index contributed by atoms with van der Waals surface area (Å²) in [7, 11) is 1.59. The first-order chi connectivity index (χ1) is 6.12. The van der Waals surface area contributed by atoms with E-state index in [1.165, 1.54) is 0 Å². The summed E-state index contributed by atoms with van der Waals surface area (Å²) >= 11 is 3.30. The number of methoxy groups -OCH3 is 1. The molecule has 0 radical (unpaired) electrons. The third-order valence-corrected chi connectivity index (χ3v) is 2.24. The number of rotatable bonds is 4. The van der Waals surface area contributed by atoms with Gasteiger partial charge in [0.25, 0.3) is 0 Å². The van der Waals surface area contributed by atoms with Crippen molar-refractivity contribution in [3.63, 3.8) is 0 Å². The number of ether oxygens (including phenoxy) is 2. The second-order valence-corrected chi connectivity index (χ2v) is 3.63. The van der Waals surface area contributed by atoms with Crippen LogP contribution >= 0.6 is 15.9 Å². The van der Waals surface area contributed by atoms with Gasteiger partial charge in [0.15, 0.2) is 5.76 Å². The van der Waals surface area contributed by atoms with E-state index in [1.54, 1.807) is 13.4 Å². The van der Waals surface area contributed by atoms with E-state index in [2.05, 4.69) is 15.9 Å². The van der Waals surface area contributed by atoms with Crippen molar-refractivity contribution < 1.29 is 13.9 Å². The molecule has 0 saturated heterocycles. The smallest absolute Gasteiger partial charge is 0.225 e. The van der Waals surface area contributed by atoms with E-state index < -0.39 is 5.79 Å². The monoisotopic (exact) mass is 248 g/mol. The molecule has 0 saturated carbocycles. The molecule has 0 aliphatic rings. The molecule has 1 unspecified atom stereocenters. The largest absolute Gasteiger partial charge is 0.462 e. The molecule has 0 N–H and O–H groups in total. The van der Waals surface area contributed by atoms with E-state index >= 15 is 0 Å². The Morgan fingerprint density at radius 2 is 2.31 bits per heavy atom. The lowest BCUT2D eigenvalue weighted by atomic mass is 10.2. The molecule has 1 rings (SSSR count). The van der Waals surface area contributed by atoms with Gasteiger partial charge in [-0.1, -0.05) is 0 Å². The first kappa shape index (κ1) is 10.8. The van der Waals surface area contributed by atoms with Crippen LogP contribution in [0.15, 0.2) is 21.2 Å². The van der Waals surface area contributed by atoms with Gasteiger partial charge in [0.05, 0.1) is 4.47 Å². The van der Waals surface area contributed by atoms with E-state index in [-0.39, 0.29) is 0 Å². The number of hydrogen-bond donors (Lipinski definition) is 0. The zero-order valence-corrected chi connectivity index (χ0v) is 9.55. The lowest BCUT2D eigenvalue weighted by Crippen LogP contribution is -2.27. The van der Waals surface area contributed by atoms with Gasteiger partial charge in [-0.3, -0.25) is 0 Å². The predicted molar refractivity (Wildman–Crippen MR) is 52.4 cm³/mol. The average Bonchev–Trinajstić information content (AvgIpc) is 2.52. The Morgan fingerprint density at radius 1 is 1.62 bits per heavy atom. The fraction of sp³-hybridized carbons (Fsp3) is 0.556. The number of furan rings is 1. The van der Waals surface area contributed by atoms with Crippen LogP contribution in [0.3, 0.4) is 0 Å². The van der Waals surface area contributed by atoms with Crippen LogP contribution in [0.4, 0.5) is 0 Å². The topological polar surface area (TPSA) is 31.6 Å². The van der Waals surface area contributed by atoms with Crippen LogP contribution in [0.2, 0.25) is 0 Å². The van der Waals surface area contributed by atoms with Crippen LogP contribution in [0.25, 0.3) is 0 Å². The van der Waals surface area contributed by atoms with Crippen molar-refractivity contribution in [2.24, 2.45) is 0 Å². The summed E-state index contributed by atoms with van der Waals surface area (Å²) in [6.45, 7) is 4.31. The highest BCUT2D eigenvalue weighted by Gasteiger charge is 2.30. The quantitative estimate of drug-likeness (QED) is 0.769. The van der Waals surface area contributed by atoms with Gasteiger partial charge < -0.3 is 13.9 Å². The van der Waals surface area contributed by atoms with Crippen molar-refractivity contribution in [1.29, 1.82) is 0 Å². The minimum Gasteiger partial charge on any atom is -0.462 e. The molecule has 13 heavy (non-hydrogen) atoms. The van der Waals surface area contributed by atoms with Gasteiger partial charge in [-0.2, -0.15) is 0 Å². The van der Waals surface area contributed by atoms with Gasteiger partial charge in [-0.05, 0) is 35.8 Å². The Hall–Kier alpha value is -0.320. The molecule has 1 aromatic rings. The maximum atomic E-state index is 5.44. The Balaban J connectivity index is 2.88. The average molecular weight is 249 g/mol. The molecule has 1 aromatic heterocycles. The molecular formula is C9H13BrO3. The summed E-state index contributed by atoms with van der Waals surface area (Å²) in [5.41, 5.74) is 0. The van der Waals surface area contributed by atoms with Crippen LogP contribution in [0.5, 0.6) is 0 Å². The molecule has 0 spiro atoms. The summed E-state index contributed by atoms with van der Waals surface area (Å²) in [4.78, 5) is 0. The van der Waals surface area contributed by atoms with E-state index in [0.717, 1.165) is 4.47 Å². The Kier molecular flexibility index (Phi) is 3.53. The SMILES string of the molecule is CCOC(C)(OC)c1cc(Br)co1. The molecule has 0 aromatic carbocycles. The normalized spacial score (nSPS) is 15.7. The zero-order valence-electron chi connectivity index (χ0n) is 7.96. The Morgan fingerprint density at radius 3 is 2.69 bits per heavy atom. The third-order valence-electron chi connectivity index (χ3n) is 1.82. The summed E-state index contributed by atoms with van der Waals surface area (Å²) < 4.78 is 16.8.